The third-order valence-electron chi connectivity index (χ3n) is 0. The van der Waals surface area contributed by atoms with Crippen molar-refractivity contribution in [1.82, 2.24) is 0 Å². The average Bonchev–Trinajstić information content (AvgIpc) is 1.25. The standard InChI is InChI=1S/2IO3.Ni.4H2O/c2*2-1(3)4;;;;;/h;;;4*1H2/q2*-1;+2;;;;. The number of hydrogen-bond donors (Lipinski definition) is 0. The fourth-order valence-electron chi connectivity index (χ4n) is 0. The van der Waals surface area contributed by atoms with Gasteiger partial charge in [0.1, 0.15) is 0 Å². The normalized spacial score (nSPS) is 5.54. The first-order chi connectivity index (χ1) is 3.46. The summed E-state index contributed by atoms with van der Waals surface area (Å²) in [4.78, 5) is 0. The van der Waals surface area contributed by atoms with Crippen LogP contribution in [0.5, 0.6) is 0 Å². The molecule has 0 unspecified atom stereocenters. The zero-order chi connectivity index (χ0) is 7.15. The minimum atomic E-state index is -4.01. The van der Waals surface area contributed by atoms with E-state index in [-0.39, 0.29) is 38.4 Å². The van der Waals surface area contributed by atoms with Crippen LogP contribution in [-0.2, 0) is 16.5 Å². The van der Waals surface area contributed by atoms with E-state index in [1.54, 1.807) is 0 Å². The van der Waals surface area contributed by atoms with Crippen molar-refractivity contribution in [3.8, 4) is 0 Å². The van der Waals surface area contributed by atoms with Gasteiger partial charge in [0.15, 0.2) is 0 Å². The molecule has 0 rings (SSSR count). The molecule has 10 nitrogen and oxygen atoms in total. The van der Waals surface area contributed by atoms with Crippen LogP contribution in [0.3, 0.4) is 0 Å². The van der Waals surface area contributed by atoms with E-state index in [4.69, 9.17) is 20.6 Å². The van der Waals surface area contributed by atoms with Gasteiger partial charge in [-0.1, -0.05) is 0 Å². The van der Waals surface area contributed by atoms with Crippen molar-refractivity contribution >= 4 is 0 Å². The summed E-state index contributed by atoms with van der Waals surface area (Å²) in [7, 11) is 0. The van der Waals surface area contributed by atoms with Crippen LogP contribution < -0.4 is 62.7 Å². The van der Waals surface area contributed by atoms with Crippen LogP contribution in [-0.4, -0.2) is 21.9 Å². The maximum atomic E-state index is 8.57. The van der Waals surface area contributed by atoms with Crippen molar-refractivity contribution in [2.45, 2.75) is 0 Å². The Morgan fingerprint density at radius 1 is 0.462 bits per heavy atom. The van der Waals surface area contributed by atoms with E-state index in [2.05, 4.69) is 0 Å². The molecular formula is H8I2NiO10. The molecule has 0 aliphatic rings. The summed E-state index contributed by atoms with van der Waals surface area (Å²) < 4.78 is 51.4. The molecule has 0 bridgehead atoms. The Bertz CT molecular complexity index is 28.4. The maximum Gasteiger partial charge on any atom is 2.00 e. The summed E-state index contributed by atoms with van der Waals surface area (Å²) in [5.74, 6) is 0. The zero-order valence-corrected chi connectivity index (χ0v) is 10.8. The van der Waals surface area contributed by atoms with E-state index in [1.165, 1.54) is 0 Å². The fourth-order valence-corrected chi connectivity index (χ4v) is 0. The van der Waals surface area contributed by atoms with Gasteiger partial charge < -0.3 is 42.5 Å². The van der Waals surface area contributed by atoms with Crippen LogP contribution in [0.25, 0.3) is 0 Å². The van der Waals surface area contributed by atoms with E-state index in [0.29, 0.717) is 0 Å². The first-order valence-electron chi connectivity index (χ1n) is 0.926. The largest absolute Gasteiger partial charge is 2.00 e. The monoisotopic (exact) mass is 480 g/mol. The van der Waals surface area contributed by atoms with Crippen molar-refractivity contribution in [1.29, 1.82) is 0 Å². The molecule has 0 saturated carbocycles. The molecule has 0 radical (unpaired) electrons. The summed E-state index contributed by atoms with van der Waals surface area (Å²) in [5, 5.41) is 0. The number of hydrogen-bond acceptors (Lipinski definition) is 6. The molecule has 8 N–H and O–H groups in total. The number of rotatable bonds is 0. The minimum Gasteiger partial charge on any atom is -0.427 e. The number of halogens is 2. The average molecular weight is 481 g/mol. The van der Waals surface area contributed by atoms with Gasteiger partial charge in [-0.2, -0.15) is 0 Å². The Morgan fingerprint density at radius 3 is 0.462 bits per heavy atom. The van der Waals surface area contributed by atoms with Crippen LogP contribution in [0.4, 0.5) is 0 Å². The minimum absolute atomic E-state index is 0. The van der Waals surface area contributed by atoms with Gasteiger partial charge in [-0.05, 0) is 0 Å². The zero-order valence-electron chi connectivity index (χ0n) is 5.52. The quantitative estimate of drug-likeness (QED) is 0.239. The molecule has 0 aliphatic heterocycles. The van der Waals surface area contributed by atoms with Gasteiger partial charge in [0, 0.05) is 0 Å². The molecule has 0 aliphatic carbocycles. The van der Waals surface area contributed by atoms with Gasteiger partial charge in [-0.3, -0.25) is 0 Å². The van der Waals surface area contributed by atoms with Gasteiger partial charge in [0.05, 0.1) is 0 Å². The maximum absolute atomic E-state index is 8.57. The van der Waals surface area contributed by atoms with Crippen LogP contribution in [0.2, 0.25) is 0 Å². The summed E-state index contributed by atoms with van der Waals surface area (Å²) in [6, 6.07) is 0. The van der Waals surface area contributed by atoms with Crippen molar-refractivity contribution < 1.29 is 101 Å². The molecule has 13 heavy (non-hydrogen) atoms. The molecule has 92 valence electrons. The summed E-state index contributed by atoms with van der Waals surface area (Å²) in [6.45, 7) is 0. The molecule has 0 spiro atoms. The molecule has 13 heteroatoms. The van der Waals surface area contributed by atoms with Crippen molar-refractivity contribution in [2.24, 2.45) is 0 Å². The molecule has 0 fully saturated rings. The van der Waals surface area contributed by atoms with Crippen LogP contribution in [0.1, 0.15) is 0 Å². The second-order valence-corrected chi connectivity index (χ2v) is 2.54. The van der Waals surface area contributed by atoms with Crippen molar-refractivity contribution in [3.63, 3.8) is 0 Å². The van der Waals surface area contributed by atoms with E-state index >= 15 is 0 Å². The third-order valence-corrected chi connectivity index (χ3v) is 0. The van der Waals surface area contributed by atoms with Crippen LogP contribution in [0.15, 0.2) is 0 Å². The van der Waals surface area contributed by atoms with E-state index in [1.807, 2.05) is 0 Å². The van der Waals surface area contributed by atoms with Crippen molar-refractivity contribution in [3.05, 3.63) is 0 Å². The Kier molecular flexibility index (Phi) is 135. The topological polar surface area (TPSA) is 264 Å². The van der Waals surface area contributed by atoms with E-state index in [0.717, 1.165) is 0 Å². The molecule has 0 aromatic heterocycles. The molecule has 0 amide bonds. The molecule has 0 aromatic rings. The van der Waals surface area contributed by atoms with Crippen molar-refractivity contribution in [2.75, 3.05) is 0 Å². The van der Waals surface area contributed by atoms with Gasteiger partial charge in [-0.15, -0.1) is 0 Å². The Hall–Kier alpha value is 1.55. The smallest absolute Gasteiger partial charge is 0.427 e. The second kappa shape index (κ2) is 37.4. The van der Waals surface area contributed by atoms with Gasteiger partial charge in [0.25, 0.3) is 42.1 Å². The SMILES string of the molecule is O.O.O.O.[Ni+2].[O-][I+2]([O-])[O-].[O-][I+2]([O-])[O-]. The summed E-state index contributed by atoms with van der Waals surface area (Å²) in [6.07, 6.45) is 0. The molecular weight excluding hydrogens is 472 g/mol. The predicted molar refractivity (Wildman–Crippen MR) is 14.5 cm³/mol. The van der Waals surface area contributed by atoms with Gasteiger partial charge in [0.2, 0.25) is 0 Å². The predicted octanol–water partition coefficient (Wildman–Crippen LogP) is -16.4. The fraction of sp³-hybridized carbons (Fsp3) is 0. The molecule has 0 saturated heterocycles. The van der Waals surface area contributed by atoms with Gasteiger partial charge >= 0.3 is 16.5 Å². The van der Waals surface area contributed by atoms with Crippen LogP contribution >= 0.6 is 0 Å². The summed E-state index contributed by atoms with van der Waals surface area (Å²) in [5.41, 5.74) is 0. The Balaban J connectivity index is -0.00000000800. The van der Waals surface area contributed by atoms with Gasteiger partial charge in [-0.25, -0.2) is 0 Å². The molecule has 0 aromatic carbocycles. The molecule has 0 heterocycles. The Labute approximate surface area is 100 Å². The summed E-state index contributed by atoms with van der Waals surface area (Å²) >= 11 is -8.03. The Morgan fingerprint density at radius 2 is 0.462 bits per heavy atom. The second-order valence-electron chi connectivity index (χ2n) is 0.378. The molecule has 0 atom stereocenters. The van der Waals surface area contributed by atoms with Crippen LogP contribution in [0, 0.1) is 0 Å². The third kappa shape index (κ3) is 750. The van der Waals surface area contributed by atoms with E-state index < -0.39 is 42.1 Å². The first kappa shape index (κ1) is 46.9. The van der Waals surface area contributed by atoms with E-state index in [9.17, 15) is 0 Å². The first-order valence-corrected chi connectivity index (χ1v) is 6.21.